The van der Waals surface area contributed by atoms with Gasteiger partial charge in [0.25, 0.3) is 5.56 Å². The normalized spacial score (nSPS) is 12.6. The van der Waals surface area contributed by atoms with Crippen LogP contribution in [0, 0.1) is 0 Å². The summed E-state index contributed by atoms with van der Waals surface area (Å²) in [6.45, 7) is 0. The zero-order valence-electron chi connectivity index (χ0n) is 9.88. The van der Waals surface area contributed by atoms with Crippen LogP contribution in [0.4, 0.5) is 13.2 Å². The minimum Gasteiger partial charge on any atom is -0.374 e. The predicted octanol–water partition coefficient (Wildman–Crippen LogP) is 1.16. The van der Waals surface area contributed by atoms with Crippen molar-refractivity contribution in [3.05, 3.63) is 34.7 Å². The molecule has 2 heterocycles. The first kappa shape index (κ1) is 14.3. The van der Waals surface area contributed by atoms with E-state index in [1.165, 1.54) is 13.1 Å². The molecular weight excluding hydrogens is 301 g/mol. The van der Waals surface area contributed by atoms with Gasteiger partial charge in [-0.2, -0.15) is 21.6 Å². The first-order valence-electron chi connectivity index (χ1n) is 5.09. The monoisotopic (exact) mass is 308 g/mol. The molecule has 2 aromatic rings. The van der Waals surface area contributed by atoms with Crippen molar-refractivity contribution in [1.82, 2.24) is 9.55 Å². The maximum absolute atomic E-state index is 12.3. The van der Waals surface area contributed by atoms with Gasteiger partial charge in [0.15, 0.2) is 5.75 Å². The molecule has 0 spiro atoms. The molecule has 0 aliphatic rings. The van der Waals surface area contributed by atoms with E-state index >= 15 is 0 Å². The zero-order valence-corrected chi connectivity index (χ0v) is 10.7. The van der Waals surface area contributed by atoms with E-state index in [1.54, 1.807) is 0 Å². The number of alkyl halides is 3. The van der Waals surface area contributed by atoms with Crippen LogP contribution in [0.25, 0.3) is 11.0 Å². The molecule has 108 valence electrons. The van der Waals surface area contributed by atoms with Gasteiger partial charge in [0, 0.05) is 25.4 Å². The zero-order chi connectivity index (χ0) is 15.1. The Kier molecular flexibility index (Phi) is 3.20. The van der Waals surface area contributed by atoms with Crippen LogP contribution in [0.15, 0.2) is 29.2 Å². The molecule has 2 aromatic heterocycles. The molecule has 0 saturated carbocycles. The molecule has 10 heteroatoms. The van der Waals surface area contributed by atoms with E-state index in [2.05, 4.69) is 9.17 Å². The van der Waals surface area contributed by atoms with Gasteiger partial charge in [-0.15, -0.1) is 0 Å². The van der Waals surface area contributed by atoms with Crippen LogP contribution < -0.4 is 9.74 Å². The number of rotatable bonds is 2. The van der Waals surface area contributed by atoms with Crippen molar-refractivity contribution in [2.75, 3.05) is 0 Å². The Morgan fingerprint density at radius 3 is 2.50 bits per heavy atom. The molecule has 6 nitrogen and oxygen atoms in total. The predicted molar refractivity (Wildman–Crippen MR) is 62.6 cm³/mol. The van der Waals surface area contributed by atoms with Crippen molar-refractivity contribution in [2.24, 2.45) is 7.05 Å². The van der Waals surface area contributed by atoms with Crippen LogP contribution in [0.1, 0.15) is 0 Å². The standard InChI is InChI=1S/C10H7F3N2O4S/c1-15-8(16)3-2-6-9(15)7(4-5-14-6)19-20(17,18)10(11,12)13/h2-5H,1H3. The Bertz CT molecular complexity index is 826. The molecule has 0 fully saturated rings. The van der Waals surface area contributed by atoms with Crippen LogP contribution in [0.3, 0.4) is 0 Å². The highest BCUT2D eigenvalue weighted by Gasteiger charge is 2.48. The number of aromatic nitrogens is 2. The highest BCUT2D eigenvalue weighted by atomic mass is 32.2. The van der Waals surface area contributed by atoms with E-state index in [1.807, 2.05) is 0 Å². The first-order valence-corrected chi connectivity index (χ1v) is 6.50. The fourth-order valence-corrected chi connectivity index (χ4v) is 1.98. The Balaban J connectivity index is 2.68. The summed E-state index contributed by atoms with van der Waals surface area (Å²) in [6, 6.07) is 3.34. The Morgan fingerprint density at radius 1 is 1.25 bits per heavy atom. The minimum atomic E-state index is -5.82. The second-order valence-electron chi connectivity index (χ2n) is 3.76. The van der Waals surface area contributed by atoms with Crippen molar-refractivity contribution >= 4 is 21.2 Å². The summed E-state index contributed by atoms with van der Waals surface area (Å²) in [7, 11) is -4.55. The highest BCUT2D eigenvalue weighted by molar-refractivity contribution is 7.88. The SMILES string of the molecule is Cn1c(=O)ccc2nccc(OS(=O)(=O)C(F)(F)F)c21. The van der Waals surface area contributed by atoms with Crippen molar-refractivity contribution < 1.29 is 25.8 Å². The second kappa shape index (κ2) is 4.47. The first-order chi connectivity index (χ1) is 9.13. The number of pyridine rings is 2. The maximum atomic E-state index is 12.3. The molecule has 0 aliphatic carbocycles. The molecule has 0 saturated heterocycles. The number of hydrogen-bond acceptors (Lipinski definition) is 5. The van der Waals surface area contributed by atoms with Crippen molar-refractivity contribution in [2.45, 2.75) is 5.51 Å². The fourth-order valence-electron chi connectivity index (χ4n) is 1.52. The summed E-state index contributed by atoms with van der Waals surface area (Å²) in [6.07, 6.45) is 1.08. The minimum absolute atomic E-state index is 0.127. The third kappa shape index (κ3) is 2.33. The van der Waals surface area contributed by atoms with E-state index in [-0.39, 0.29) is 11.0 Å². The molecule has 0 radical (unpaired) electrons. The van der Waals surface area contributed by atoms with Crippen molar-refractivity contribution in [3.8, 4) is 5.75 Å². The molecular formula is C10H7F3N2O4S. The number of nitrogens with zero attached hydrogens (tertiary/aromatic N) is 2. The van der Waals surface area contributed by atoms with E-state index in [4.69, 9.17) is 0 Å². The summed E-state index contributed by atoms with van der Waals surface area (Å²) < 4.78 is 63.9. The molecule has 0 N–H and O–H groups in total. The largest absolute Gasteiger partial charge is 0.534 e. The molecule has 0 aliphatic heterocycles. The van der Waals surface area contributed by atoms with E-state index in [0.29, 0.717) is 0 Å². The molecule has 0 aromatic carbocycles. The van der Waals surface area contributed by atoms with E-state index in [9.17, 15) is 26.4 Å². The Morgan fingerprint density at radius 2 is 1.90 bits per heavy atom. The molecule has 0 unspecified atom stereocenters. The van der Waals surface area contributed by atoms with Gasteiger partial charge in [-0.25, -0.2) is 0 Å². The molecule has 0 amide bonds. The van der Waals surface area contributed by atoms with E-state index in [0.717, 1.165) is 22.9 Å². The number of hydrogen-bond donors (Lipinski definition) is 0. The van der Waals surface area contributed by atoms with E-state index < -0.39 is 26.9 Å². The summed E-state index contributed by atoms with van der Waals surface area (Å²) in [4.78, 5) is 15.3. The van der Waals surface area contributed by atoms with Crippen LogP contribution in [0.5, 0.6) is 5.75 Å². The topological polar surface area (TPSA) is 78.3 Å². The summed E-state index contributed by atoms with van der Waals surface area (Å²) >= 11 is 0. The van der Waals surface area contributed by atoms with Crippen LogP contribution in [-0.4, -0.2) is 23.5 Å². The van der Waals surface area contributed by atoms with Gasteiger partial charge in [-0.3, -0.25) is 9.78 Å². The van der Waals surface area contributed by atoms with Gasteiger partial charge in [0.2, 0.25) is 0 Å². The highest BCUT2D eigenvalue weighted by Crippen LogP contribution is 2.30. The summed E-state index contributed by atoms with van der Waals surface area (Å²) in [5.41, 5.74) is -6.12. The van der Waals surface area contributed by atoms with Crippen LogP contribution >= 0.6 is 0 Å². The van der Waals surface area contributed by atoms with Gasteiger partial charge >= 0.3 is 15.6 Å². The lowest BCUT2D eigenvalue weighted by Crippen LogP contribution is -2.28. The van der Waals surface area contributed by atoms with Gasteiger partial charge < -0.3 is 8.75 Å². The average Bonchev–Trinajstić information content (AvgIpc) is 2.32. The van der Waals surface area contributed by atoms with Crippen molar-refractivity contribution in [3.63, 3.8) is 0 Å². The third-order valence-corrected chi connectivity index (χ3v) is 3.41. The number of fused-ring (bicyclic) bond motifs is 1. The summed E-state index contributed by atoms with van der Waals surface area (Å²) in [5, 5.41) is 0. The average molecular weight is 308 g/mol. The van der Waals surface area contributed by atoms with Gasteiger partial charge in [0.05, 0.1) is 5.52 Å². The van der Waals surface area contributed by atoms with Gasteiger partial charge in [-0.1, -0.05) is 0 Å². The lowest BCUT2D eigenvalue weighted by molar-refractivity contribution is -0.0499. The van der Waals surface area contributed by atoms with Crippen LogP contribution in [0.2, 0.25) is 0 Å². The Labute approximate surface area is 110 Å². The molecule has 20 heavy (non-hydrogen) atoms. The quantitative estimate of drug-likeness (QED) is 0.614. The third-order valence-electron chi connectivity index (χ3n) is 2.45. The van der Waals surface area contributed by atoms with Crippen LogP contribution in [-0.2, 0) is 17.2 Å². The smallest absolute Gasteiger partial charge is 0.374 e. The molecule has 0 atom stereocenters. The van der Waals surface area contributed by atoms with Gasteiger partial charge in [-0.05, 0) is 6.07 Å². The summed E-state index contributed by atoms with van der Waals surface area (Å²) in [5.74, 6) is -0.618. The van der Waals surface area contributed by atoms with Crippen molar-refractivity contribution in [1.29, 1.82) is 0 Å². The number of halogens is 3. The fraction of sp³-hybridized carbons (Fsp3) is 0.200. The molecule has 2 rings (SSSR count). The lowest BCUT2D eigenvalue weighted by atomic mass is 10.3. The molecule has 0 bridgehead atoms. The van der Waals surface area contributed by atoms with Gasteiger partial charge in [0.1, 0.15) is 5.52 Å². The Hall–Kier alpha value is -2.10. The lowest BCUT2D eigenvalue weighted by Gasteiger charge is -2.12. The number of aryl methyl sites for hydroxylation is 1. The second-order valence-corrected chi connectivity index (χ2v) is 5.29. The maximum Gasteiger partial charge on any atom is 0.534 e.